The Morgan fingerprint density at radius 1 is 1.09 bits per heavy atom. The summed E-state index contributed by atoms with van der Waals surface area (Å²) >= 11 is 0. The van der Waals surface area contributed by atoms with Gasteiger partial charge in [0.05, 0.1) is 36.9 Å². The molecule has 1 amide bonds. The van der Waals surface area contributed by atoms with E-state index in [1.807, 2.05) is 0 Å². The molecule has 3 fully saturated rings. The normalized spacial score (nSPS) is 40.1. The molecule has 0 aromatic rings. The molecule has 44 heavy (non-hydrogen) atoms. The van der Waals surface area contributed by atoms with Gasteiger partial charge in [-0.1, -0.05) is 13.8 Å². The predicted molar refractivity (Wildman–Crippen MR) is 140 cm³/mol. The van der Waals surface area contributed by atoms with E-state index in [-0.39, 0.29) is 112 Å². The first kappa shape index (κ1) is 40.6. The number of rotatable bonds is 6. The first-order valence-electron chi connectivity index (χ1n) is 13.9. The minimum Gasteiger partial charge on any atom is -0.459 e. The third kappa shape index (κ3) is 6.19. The zero-order valence-electron chi connectivity index (χ0n) is 25.6. The minimum absolute atomic E-state index is 0. The van der Waals surface area contributed by atoms with Crippen LogP contribution in [0.15, 0.2) is 11.1 Å². The Hall–Kier alpha value is 0.423. The van der Waals surface area contributed by atoms with E-state index in [0.717, 1.165) is 13.8 Å². The van der Waals surface area contributed by atoms with E-state index in [1.165, 1.54) is 27.7 Å². The summed E-state index contributed by atoms with van der Waals surface area (Å²) in [6.45, 7) is 6.97. The smallest absolute Gasteiger partial charge is 0.337 e. The Bertz CT molecular complexity index is 1210. The molecule has 242 valence electrons. The van der Waals surface area contributed by atoms with Crippen LogP contribution in [0.4, 0.5) is 0 Å². The van der Waals surface area contributed by atoms with Crippen LogP contribution in [0.25, 0.3) is 0 Å². The molecule has 2 saturated carbocycles. The first-order chi connectivity index (χ1) is 19.3. The number of hydrogen-bond acceptors (Lipinski definition) is 13. The molecule has 2 radical (unpaired) electrons. The standard InChI is InChI=1S/C28H41NO13.2Ac/c1-11-15(42-24(37)19(34)14(9-30)29-12(2)31)8-28(39)23(41-13(3)32)21-26(6,16(33)7-17-27(21,38)10-40-17)22(36)20(35)18(11)25(28,4)5;;/h14-17,19-21,23,30,33-35,38-39H,7-10H2,1-6H3,(H,29,31);;/t14-,15?,16-,17+,19+,20+,21-,23-,26+,27-,28+;;/m0../s1. The van der Waals surface area contributed by atoms with Crippen LogP contribution in [0.1, 0.15) is 54.4 Å². The second kappa shape index (κ2) is 14.1. The molecular formula is C28H41Ac2NO13. The van der Waals surface area contributed by atoms with Crippen LogP contribution >= 0.6 is 0 Å². The van der Waals surface area contributed by atoms with Crippen molar-refractivity contribution >= 4 is 23.6 Å². The number of amides is 1. The molecule has 0 aromatic carbocycles. The second-order valence-electron chi connectivity index (χ2n) is 12.8. The molecule has 1 heterocycles. The number of hydrogen-bond donors (Lipinski definition) is 7. The Kier molecular flexibility index (Phi) is 13.0. The number of aliphatic hydroxyl groups is 6. The summed E-state index contributed by atoms with van der Waals surface area (Å²) in [5.41, 5.74) is -7.37. The van der Waals surface area contributed by atoms with E-state index in [9.17, 15) is 49.8 Å². The summed E-state index contributed by atoms with van der Waals surface area (Å²) in [7, 11) is 0. The molecule has 0 spiro atoms. The van der Waals surface area contributed by atoms with Crippen molar-refractivity contribution in [3.05, 3.63) is 11.1 Å². The van der Waals surface area contributed by atoms with Gasteiger partial charge >= 0.3 is 11.9 Å². The van der Waals surface area contributed by atoms with Crippen LogP contribution in [0.3, 0.4) is 0 Å². The summed E-state index contributed by atoms with van der Waals surface area (Å²) in [5, 5.41) is 69.7. The maximum absolute atomic E-state index is 14.2. The van der Waals surface area contributed by atoms with Crippen LogP contribution in [0.5, 0.6) is 0 Å². The first-order valence-corrected chi connectivity index (χ1v) is 13.9. The topological polar surface area (TPSA) is 229 Å². The van der Waals surface area contributed by atoms with Crippen molar-refractivity contribution in [3.8, 4) is 0 Å². The third-order valence-electron chi connectivity index (χ3n) is 10.1. The van der Waals surface area contributed by atoms with Gasteiger partial charge in [-0.3, -0.25) is 14.4 Å². The summed E-state index contributed by atoms with van der Waals surface area (Å²) in [4.78, 5) is 51.2. The molecule has 1 saturated heterocycles. The van der Waals surface area contributed by atoms with E-state index >= 15 is 0 Å². The molecule has 4 aliphatic rings. The van der Waals surface area contributed by atoms with E-state index in [0.29, 0.717) is 0 Å². The number of carbonyl (C=O) groups excluding carboxylic acids is 4. The molecule has 0 aromatic heterocycles. The molecule has 3 aliphatic carbocycles. The van der Waals surface area contributed by atoms with Gasteiger partial charge in [-0.25, -0.2) is 4.79 Å². The average molecular weight is 1050 g/mol. The second-order valence-corrected chi connectivity index (χ2v) is 12.8. The molecule has 14 nitrogen and oxygen atoms in total. The number of ketones is 1. The van der Waals surface area contributed by atoms with Gasteiger partial charge in [0.1, 0.15) is 29.5 Å². The van der Waals surface area contributed by atoms with Crippen LogP contribution < -0.4 is 5.32 Å². The molecular weight excluding hydrogens is 1010 g/mol. The van der Waals surface area contributed by atoms with E-state index in [1.54, 1.807) is 0 Å². The van der Waals surface area contributed by atoms with Crippen molar-refractivity contribution in [2.24, 2.45) is 16.7 Å². The van der Waals surface area contributed by atoms with Crippen LogP contribution in [-0.4, -0.2) is 121 Å². The largest absolute Gasteiger partial charge is 0.459 e. The van der Waals surface area contributed by atoms with Gasteiger partial charge in [0.15, 0.2) is 11.9 Å². The van der Waals surface area contributed by atoms with Gasteiger partial charge in [-0.2, -0.15) is 0 Å². The van der Waals surface area contributed by atoms with Gasteiger partial charge in [0.2, 0.25) is 5.91 Å². The molecule has 1 unspecified atom stereocenters. The van der Waals surface area contributed by atoms with E-state index < -0.39 is 107 Å². The quantitative estimate of drug-likeness (QED) is 0.109. The summed E-state index contributed by atoms with van der Waals surface area (Å²) in [5.74, 6) is -5.12. The fourth-order valence-corrected chi connectivity index (χ4v) is 7.66. The number of Topliss-reactive ketones (excluding diaryl/α,β-unsaturated/α-hetero) is 1. The summed E-state index contributed by atoms with van der Waals surface area (Å²) in [6.07, 6.45) is -10.0. The maximum Gasteiger partial charge on any atom is 0.337 e. The molecule has 7 N–H and O–H groups in total. The van der Waals surface area contributed by atoms with Crippen LogP contribution in [0, 0.1) is 105 Å². The van der Waals surface area contributed by atoms with E-state index in [2.05, 4.69) is 5.32 Å². The Morgan fingerprint density at radius 2 is 1.68 bits per heavy atom. The van der Waals surface area contributed by atoms with Crippen molar-refractivity contribution in [1.29, 1.82) is 0 Å². The number of nitrogens with one attached hydrogen (secondary N) is 1. The van der Waals surface area contributed by atoms with E-state index in [4.69, 9.17) is 14.2 Å². The van der Waals surface area contributed by atoms with Crippen molar-refractivity contribution < 1.29 is 152 Å². The average Bonchev–Trinajstić information content (AvgIpc) is 2.89. The Labute approximate surface area is 326 Å². The molecule has 1 aliphatic heterocycles. The zero-order valence-corrected chi connectivity index (χ0v) is 35.1. The van der Waals surface area contributed by atoms with Gasteiger partial charge < -0.3 is 50.2 Å². The molecule has 11 atom stereocenters. The van der Waals surface area contributed by atoms with Crippen molar-refractivity contribution in [2.45, 2.75) is 108 Å². The molecule has 2 bridgehead atoms. The summed E-state index contributed by atoms with van der Waals surface area (Å²) < 4.78 is 16.8. The zero-order chi connectivity index (χ0) is 31.7. The number of fused-ring (bicyclic) bond motifs is 5. The predicted octanol–water partition coefficient (Wildman–Crippen LogP) is -2.37. The minimum atomic E-state index is -2.22. The third-order valence-corrected chi connectivity index (χ3v) is 10.1. The maximum atomic E-state index is 14.2. The molecule has 4 rings (SSSR count). The SMILES string of the molecule is CC(=O)N[C@@H](CO)[C@@H](O)C(=O)OC1C[C@@]2(O)[C@@H](OC(C)=O)[C@@H]3[C@]4(O)CO[C@@H]4C[C@H](O)[C@@]3(C)C(=O)[C@H](O)C(=C1C)C2(C)C.[Ac].[Ac]. The van der Waals surface area contributed by atoms with Crippen molar-refractivity contribution in [1.82, 2.24) is 5.32 Å². The van der Waals surface area contributed by atoms with Crippen LogP contribution in [0.2, 0.25) is 0 Å². The monoisotopic (exact) mass is 1050 g/mol. The number of aliphatic hydroxyl groups excluding tert-OH is 4. The number of carbonyl (C=O) groups is 4. The fraction of sp³-hybridized carbons (Fsp3) is 0.786. The Balaban J connectivity index is 0.00000337. The molecule has 16 heteroatoms. The fourth-order valence-electron chi connectivity index (χ4n) is 7.66. The number of ether oxygens (including phenoxy) is 3. The number of esters is 2. The summed E-state index contributed by atoms with van der Waals surface area (Å²) in [6, 6.07) is -1.41. The van der Waals surface area contributed by atoms with Gasteiger partial charge in [-0.05, 0) is 25.0 Å². The van der Waals surface area contributed by atoms with Gasteiger partial charge in [0.25, 0.3) is 0 Å². The van der Waals surface area contributed by atoms with Crippen LogP contribution in [-0.2, 0) is 33.4 Å². The van der Waals surface area contributed by atoms with Gasteiger partial charge in [0, 0.05) is 126 Å². The van der Waals surface area contributed by atoms with Gasteiger partial charge in [-0.15, -0.1) is 0 Å². The van der Waals surface area contributed by atoms with Crippen molar-refractivity contribution in [3.63, 3.8) is 0 Å². The van der Waals surface area contributed by atoms with Crippen molar-refractivity contribution in [2.75, 3.05) is 13.2 Å². The Morgan fingerprint density at radius 3 is 2.16 bits per heavy atom.